The van der Waals surface area contributed by atoms with Crippen molar-refractivity contribution in [3.63, 3.8) is 0 Å². The maximum Gasteiger partial charge on any atom is 0.407 e. The van der Waals surface area contributed by atoms with Crippen LogP contribution in [-0.2, 0) is 24.3 Å². The molecule has 2 amide bonds. The number of fused-ring (bicyclic) bond motifs is 1. The van der Waals surface area contributed by atoms with Crippen molar-refractivity contribution in [2.75, 3.05) is 26.7 Å². The molecule has 0 spiro atoms. The number of amides is 2. The molecular formula is C38H40Cl3N5O5. The Balaban J connectivity index is 1.26. The van der Waals surface area contributed by atoms with Gasteiger partial charge in [0.1, 0.15) is 0 Å². The number of nitrogens with one attached hydrogen (secondary N) is 1. The minimum atomic E-state index is -1.10. The van der Waals surface area contributed by atoms with E-state index in [1.807, 2.05) is 44.2 Å². The van der Waals surface area contributed by atoms with E-state index >= 15 is 0 Å². The van der Waals surface area contributed by atoms with Crippen LogP contribution in [0.15, 0.2) is 54.7 Å². The number of carbonyl (C=O) groups excluding carboxylic acids is 1. The molecule has 4 aromatic rings. The number of methoxy groups -OCH3 is 1. The molecular weight excluding hydrogens is 713 g/mol. The third kappa shape index (κ3) is 8.42. The van der Waals surface area contributed by atoms with E-state index in [-0.39, 0.29) is 30.9 Å². The molecule has 1 saturated heterocycles. The summed E-state index contributed by atoms with van der Waals surface area (Å²) in [5, 5.41) is 24.4. The van der Waals surface area contributed by atoms with Crippen molar-refractivity contribution in [1.82, 2.24) is 25.1 Å². The molecule has 2 aromatic carbocycles. The lowest BCUT2D eigenvalue weighted by Gasteiger charge is -2.31. The van der Waals surface area contributed by atoms with Crippen LogP contribution in [0.1, 0.15) is 49.8 Å². The van der Waals surface area contributed by atoms with Crippen molar-refractivity contribution >= 4 is 46.8 Å². The van der Waals surface area contributed by atoms with Crippen LogP contribution in [0, 0.1) is 0 Å². The van der Waals surface area contributed by atoms with Crippen molar-refractivity contribution in [3.05, 3.63) is 86.5 Å². The first-order valence-electron chi connectivity index (χ1n) is 16.8. The third-order valence-corrected chi connectivity index (χ3v) is 10.6. The number of carbonyl (C=O) groups is 2. The summed E-state index contributed by atoms with van der Waals surface area (Å²) >= 11 is 21.0. The van der Waals surface area contributed by atoms with E-state index in [1.165, 1.54) is 12.0 Å². The molecule has 4 heterocycles. The Bertz CT molecular complexity index is 1970. The van der Waals surface area contributed by atoms with E-state index in [1.54, 1.807) is 18.3 Å². The van der Waals surface area contributed by atoms with Gasteiger partial charge in [-0.15, -0.1) is 0 Å². The van der Waals surface area contributed by atoms with Crippen LogP contribution in [0.3, 0.4) is 0 Å². The van der Waals surface area contributed by atoms with Crippen LogP contribution >= 0.6 is 34.8 Å². The van der Waals surface area contributed by atoms with E-state index < -0.39 is 11.7 Å². The van der Waals surface area contributed by atoms with Gasteiger partial charge in [0.15, 0.2) is 0 Å². The minimum absolute atomic E-state index is 0.0361. The number of hydrogen-bond acceptors (Lipinski definition) is 7. The molecule has 0 saturated carbocycles. The lowest BCUT2D eigenvalue weighted by atomic mass is 9.94. The number of nitrogens with zero attached hydrogens (tertiary/aromatic N) is 4. The second-order valence-electron chi connectivity index (χ2n) is 13.7. The number of rotatable bonds is 11. The monoisotopic (exact) mass is 751 g/mol. The standard InChI is InChI=1S/C38H40Cl3N5O5/c1-38(2,50)13-16-45-15-12-22-17-24(18-30(39)29(22)21-45)35-34(41)27(11-14-42-35)26-5-4-6-28(33(26)40)31-9-7-23(36(44-31)51-3)19-46(37(48)49)20-25-8-10-32(47)43-25/h4-7,9,11,14,17-18,25,50H,8,10,12-13,15-16,19-21H2,1-3H3,(H,43,47)(H,48,49). The van der Waals surface area contributed by atoms with Crippen molar-refractivity contribution in [3.8, 4) is 39.5 Å². The first kappa shape index (κ1) is 36.8. The smallest absolute Gasteiger partial charge is 0.407 e. The lowest BCUT2D eigenvalue weighted by molar-refractivity contribution is -0.119. The number of hydrogen-bond donors (Lipinski definition) is 3. The molecule has 0 radical (unpaired) electrons. The molecule has 1 unspecified atom stereocenters. The summed E-state index contributed by atoms with van der Waals surface area (Å²) in [5.74, 6) is 0.192. The number of aliphatic hydroxyl groups is 1. The largest absolute Gasteiger partial charge is 0.481 e. The molecule has 3 N–H and O–H groups in total. The van der Waals surface area contributed by atoms with Gasteiger partial charge in [0.05, 0.1) is 40.7 Å². The average Bonchev–Trinajstić information content (AvgIpc) is 3.51. The van der Waals surface area contributed by atoms with Crippen LogP contribution in [0.4, 0.5) is 4.79 Å². The van der Waals surface area contributed by atoms with Crippen molar-refractivity contribution < 1.29 is 24.5 Å². The Labute approximate surface area is 312 Å². The Hall–Kier alpha value is -3.93. The maximum atomic E-state index is 12.1. The summed E-state index contributed by atoms with van der Waals surface area (Å²) in [4.78, 5) is 36.6. The predicted molar refractivity (Wildman–Crippen MR) is 199 cm³/mol. The summed E-state index contributed by atoms with van der Waals surface area (Å²) in [5.41, 5.74) is 6.06. The van der Waals surface area contributed by atoms with Gasteiger partial charge in [-0.1, -0.05) is 53.0 Å². The van der Waals surface area contributed by atoms with Gasteiger partial charge in [0.25, 0.3) is 0 Å². The topological polar surface area (TPSA) is 128 Å². The van der Waals surface area contributed by atoms with E-state index in [0.29, 0.717) is 74.5 Å². The van der Waals surface area contributed by atoms with Gasteiger partial charge in [-0.25, -0.2) is 9.78 Å². The fourth-order valence-electron chi connectivity index (χ4n) is 6.64. The SMILES string of the molecule is COc1nc(-c2cccc(-c3ccnc(-c4cc(Cl)c5c(c4)CCN(CCC(C)(C)O)C5)c3Cl)c2Cl)ccc1CN(CC1CCC(=O)N1)C(=O)O. The van der Waals surface area contributed by atoms with E-state index in [2.05, 4.69) is 21.3 Å². The fraction of sp³-hybridized carbons (Fsp3) is 0.368. The summed E-state index contributed by atoms with van der Waals surface area (Å²) in [6.45, 7) is 6.21. The highest BCUT2D eigenvalue weighted by Gasteiger charge is 2.27. The van der Waals surface area contributed by atoms with Crippen molar-refractivity contribution in [2.24, 2.45) is 0 Å². The molecule has 0 aliphatic carbocycles. The molecule has 10 nitrogen and oxygen atoms in total. The number of carboxylic acid groups (broad SMARTS) is 1. The van der Waals surface area contributed by atoms with E-state index in [4.69, 9.17) is 44.5 Å². The molecule has 2 aliphatic rings. The Kier molecular flexibility index (Phi) is 11.1. The quantitative estimate of drug-likeness (QED) is 0.142. The number of ether oxygens (including phenoxy) is 1. The first-order chi connectivity index (χ1) is 24.3. The van der Waals surface area contributed by atoms with Crippen LogP contribution in [0.2, 0.25) is 15.1 Å². The normalized spacial score (nSPS) is 16.1. The second kappa shape index (κ2) is 15.4. The summed E-state index contributed by atoms with van der Waals surface area (Å²) in [7, 11) is 1.48. The molecule has 268 valence electrons. The Morgan fingerprint density at radius 1 is 1.08 bits per heavy atom. The molecule has 1 atom stereocenters. The zero-order valence-corrected chi connectivity index (χ0v) is 30.9. The molecule has 2 aliphatic heterocycles. The predicted octanol–water partition coefficient (Wildman–Crippen LogP) is 7.72. The van der Waals surface area contributed by atoms with Gasteiger partial charge >= 0.3 is 6.09 Å². The van der Waals surface area contributed by atoms with Gasteiger partial charge in [-0.05, 0) is 74.6 Å². The number of halogens is 3. The van der Waals surface area contributed by atoms with Gasteiger partial charge < -0.3 is 25.2 Å². The minimum Gasteiger partial charge on any atom is -0.481 e. The summed E-state index contributed by atoms with van der Waals surface area (Å²) in [6, 6.07) is 14.8. The third-order valence-electron chi connectivity index (χ3n) is 9.42. The lowest BCUT2D eigenvalue weighted by Crippen LogP contribution is -2.41. The molecule has 0 bridgehead atoms. The summed E-state index contributed by atoms with van der Waals surface area (Å²) in [6.07, 6.45) is 3.07. The zero-order chi connectivity index (χ0) is 36.4. The molecule has 2 aromatic heterocycles. The number of benzene rings is 2. The van der Waals surface area contributed by atoms with Crippen LogP contribution in [0.25, 0.3) is 33.6 Å². The summed E-state index contributed by atoms with van der Waals surface area (Å²) < 4.78 is 5.60. The van der Waals surface area contributed by atoms with E-state index in [9.17, 15) is 19.8 Å². The van der Waals surface area contributed by atoms with Crippen molar-refractivity contribution in [1.29, 1.82) is 0 Å². The second-order valence-corrected chi connectivity index (χ2v) is 14.9. The molecule has 1 fully saturated rings. The van der Waals surface area contributed by atoms with Gasteiger partial charge in [-0.2, -0.15) is 0 Å². The van der Waals surface area contributed by atoms with Crippen molar-refractivity contribution in [2.45, 2.75) is 64.3 Å². The maximum absolute atomic E-state index is 12.1. The van der Waals surface area contributed by atoms with E-state index in [0.717, 1.165) is 36.2 Å². The highest BCUT2D eigenvalue weighted by molar-refractivity contribution is 6.39. The van der Waals surface area contributed by atoms with Crippen LogP contribution < -0.4 is 10.1 Å². The molecule has 13 heteroatoms. The number of pyridine rings is 2. The van der Waals surface area contributed by atoms with Crippen LogP contribution in [0.5, 0.6) is 5.88 Å². The van der Waals surface area contributed by atoms with Crippen LogP contribution in [-0.4, -0.2) is 80.4 Å². The highest BCUT2D eigenvalue weighted by Crippen LogP contribution is 2.43. The first-order valence-corrected chi connectivity index (χ1v) is 18.0. The van der Waals surface area contributed by atoms with Gasteiger partial charge in [-0.3, -0.25) is 14.7 Å². The van der Waals surface area contributed by atoms with Gasteiger partial charge in [0, 0.05) is 77.7 Å². The Morgan fingerprint density at radius 2 is 1.84 bits per heavy atom. The highest BCUT2D eigenvalue weighted by atomic mass is 35.5. The molecule has 6 rings (SSSR count). The Morgan fingerprint density at radius 3 is 2.55 bits per heavy atom. The zero-order valence-electron chi connectivity index (χ0n) is 28.7. The molecule has 51 heavy (non-hydrogen) atoms. The average molecular weight is 753 g/mol. The fourth-order valence-corrected chi connectivity index (χ4v) is 7.58. The van der Waals surface area contributed by atoms with Gasteiger partial charge in [0.2, 0.25) is 11.8 Å². The number of aromatic nitrogens is 2.